The molecule has 1 aliphatic carbocycles. The number of aryl methyl sites for hydroxylation is 2. The zero-order chi connectivity index (χ0) is 14.1. The molecule has 2 aromatic rings. The lowest BCUT2D eigenvalue weighted by Gasteiger charge is -2.04. The number of benzene rings is 1. The number of rotatable bonds is 3. The third-order valence-corrected chi connectivity index (χ3v) is 4.60. The van der Waals surface area contributed by atoms with Gasteiger partial charge in [0.25, 0.3) is 5.91 Å². The Labute approximate surface area is 120 Å². The average molecular weight is 287 g/mol. The number of carbonyl (C=O) groups is 2. The molecular formula is C15H13NO3S. The Morgan fingerprint density at radius 2 is 1.90 bits per heavy atom. The van der Waals surface area contributed by atoms with Gasteiger partial charge in [0.2, 0.25) is 0 Å². The number of fused-ring (bicyclic) bond motifs is 1. The smallest absolute Gasteiger partial charge is 0.335 e. The molecule has 20 heavy (non-hydrogen) atoms. The second-order valence-corrected chi connectivity index (χ2v) is 5.89. The van der Waals surface area contributed by atoms with Gasteiger partial charge in [-0.05, 0) is 55.2 Å². The lowest BCUT2D eigenvalue weighted by atomic mass is 10.2. The Morgan fingerprint density at radius 1 is 1.15 bits per heavy atom. The maximum atomic E-state index is 12.1. The van der Waals surface area contributed by atoms with Gasteiger partial charge in [0.05, 0.1) is 10.4 Å². The predicted octanol–water partition coefficient (Wildman–Crippen LogP) is 3.19. The van der Waals surface area contributed by atoms with Crippen molar-refractivity contribution in [1.82, 2.24) is 0 Å². The molecule has 0 aliphatic heterocycles. The maximum Gasteiger partial charge on any atom is 0.335 e. The van der Waals surface area contributed by atoms with Crippen LogP contribution in [0.1, 0.15) is 36.9 Å². The van der Waals surface area contributed by atoms with Crippen molar-refractivity contribution in [1.29, 1.82) is 0 Å². The molecule has 2 N–H and O–H groups in total. The van der Waals surface area contributed by atoms with E-state index in [4.69, 9.17) is 5.11 Å². The van der Waals surface area contributed by atoms with Gasteiger partial charge in [0.1, 0.15) is 0 Å². The minimum Gasteiger partial charge on any atom is -0.478 e. The second-order valence-electron chi connectivity index (χ2n) is 4.75. The third kappa shape index (κ3) is 2.44. The second kappa shape index (κ2) is 5.09. The molecule has 1 aliphatic rings. The van der Waals surface area contributed by atoms with Crippen LogP contribution in [0.2, 0.25) is 0 Å². The fourth-order valence-corrected chi connectivity index (χ4v) is 3.48. The van der Waals surface area contributed by atoms with Crippen molar-refractivity contribution < 1.29 is 14.7 Å². The lowest BCUT2D eigenvalue weighted by molar-refractivity contribution is 0.0696. The van der Waals surface area contributed by atoms with Gasteiger partial charge in [-0.1, -0.05) is 0 Å². The highest BCUT2D eigenvalue weighted by Gasteiger charge is 2.18. The first-order chi connectivity index (χ1) is 9.63. The van der Waals surface area contributed by atoms with E-state index in [1.807, 2.05) is 6.07 Å². The molecular weight excluding hydrogens is 274 g/mol. The van der Waals surface area contributed by atoms with E-state index in [2.05, 4.69) is 5.32 Å². The van der Waals surface area contributed by atoms with Gasteiger partial charge in [-0.2, -0.15) is 0 Å². The van der Waals surface area contributed by atoms with Gasteiger partial charge in [0.15, 0.2) is 0 Å². The predicted molar refractivity (Wildman–Crippen MR) is 77.7 cm³/mol. The third-order valence-electron chi connectivity index (χ3n) is 3.36. The van der Waals surface area contributed by atoms with Crippen LogP contribution in [-0.2, 0) is 12.8 Å². The minimum atomic E-state index is -0.974. The fraction of sp³-hybridized carbons (Fsp3) is 0.200. The molecule has 1 heterocycles. The van der Waals surface area contributed by atoms with Gasteiger partial charge < -0.3 is 10.4 Å². The molecule has 1 aromatic carbocycles. The molecule has 0 saturated carbocycles. The van der Waals surface area contributed by atoms with Crippen molar-refractivity contribution in [2.24, 2.45) is 0 Å². The summed E-state index contributed by atoms with van der Waals surface area (Å²) in [6.45, 7) is 0. The van der Waals surface area contributed by atoms with Crippen LogP contribution < -0.4 is 5.32 Å². The van der Waals surface area contributed by atoms with E-state index in [0.29, 0.717) is 5.69 Å². The molecule has 1 amide bonds. The van der Waals surface area contributed by atoms with Gasteiger partial charge >= 0.3 is 5.97 Å². The summed E-state index contributed by atoms with van der Waals surface area (Å²) in [5.74, 6) is -1.11. The molecule has 0 saturated heterocycles. The van der Waals surface area contributed by atoms with Crippen molar-refractivity contribution in [3.63, 3.8) is 0 Å². The van der Waals surface area contributed by atoms with Crippen LogP contribution in [0, 0.1) is 0 Å². The summed E-state index contributed by atoms with van der Waals surface area (Å²) in [6.07, 6.45) is 3.31. The Balaban J connectivity index is 1.73. The first-order valence-corrected chi connectivity index (χ1v) is 7.21. The molecule has 1 aromatic heterocycles. The zero-order valence-electron chi connectivity index (χ0n) is 10.7. The Kier molecular flexibility index (Phi) is 3.28. The molecule has 0 bridgehead atoms. The van der Waals surface area contributed by atoms with Gasteiger partial charge in [-0.25, -0.2) is 4.79 Å². The number of anilines is 1. The van der Waals surface area contributed by atoms with Crippen LogP contribution >= 0.6 is 11.3 Å². The number of hydrogen-bond acceptors (Lipinski definition) is 3. The topological polar surface area (TPSA) is 66.4 Å². The summed E-state index contributed by atoms with van der Waals surface area (Å²) < 4.78 is 0. The molecule has 4 nitrogen and oxygen atoms in total. The van der Waals surface area contributed by atoms with Crippen LogP contribution in [0.3, 0.4) is 0 Å². The van der Waals surface area contributed by atoms with Gasteiger partial charge in [0, 0.05) is 10.6 Å². The number of amides is 1. The summed E-state index contributed by atoms with van der Waals surface area (Å²) in [7, 11) is 0. The highest BCUT2D eigenvalue weighted by atomic mass is 32.1. The highest BCUT2D eigenvalue weighted by Crippen LogP contribution is 2.30. The van der Waals surface area contributed by atoms with Crippen LogP contribution in [-0.4, -0.2) is 17.0 Å². The largest absolute Gasteiger partial charge is 0.478 e. The number of carboxylic acid groups (broad SMARTS) is 1. The first-order valence-electron chi connectivity index (χ1n) is 6.40. The van der Waals surface area contributed by atoms with Gasteiger partial charge in [-0.3, -0.25) is 4.79 Å². The standard InChI is InChI=1S/C15H13NO3S/c17-14(13-8-10-2-1-3-12(10)20-13)16-11-6-4-9(5-7-11)15(18)19/h4-8H,1-3H2,(H,16,17)(H,18,19). The molecule has 0 fully saturated rings. The molecule has 102 valence electrons. The van der Waals surface area contributed by atoms with Crippen LogP contribution in [0.15, 0.2) is 30.3 Å². The number of nitrogens with one attached hydrogen (secondary N) is 1. The normalized spacial score (nSPS) is 13.0. The SMILES string of the molecule is O=C(O)c1ccc(NC(=O)c2cc3c(s2)CCC3)cc1. The van der Waals surface area contributed by atoms with E-state index in [-0.39, 0.29) is 11.5 Å². The summed E-state index contributed by atoms with van der Waals surface area (Å²) >= 11 is 1.55. The molecule has 0 unspecified atom stereocenters. The quantitative estimate of drug-likeness (QED) is 0.911. The number of thiophene rings is 1. The number of hydrogen-bond donors (Lipinski definition) is 2. The summed E-state index contributed by atoms with van der Waals surface area (Å²) in [4.78, 5) is 24.9. The first kappa shape index (κ1) is 12.9. The summed E-state index contributed by atoms with van der Waals surface area (Å²) in [5.41, 5.74) is 2.10. The van der Waals surface area contributed by atoms with Crippen molar-refractivity contribution in [3.8, 4) is 0 Å². The monoisotopic (exact) mass is 287 g/mol. The molecule has 0 atom stereocenters. The molecule has 0 radical (unpaired) electrons. The summed E-state index contributed by atoms with van der Waals surface area (Å²) in [5, 5.41) is 11.6. The Hall–Kier alpha value is -2.14. The van der Waals surface area contributed by atoms with Crippen molar-refractivity contribution >= 4 is 28.9 Å². The van der Waals surface area contributed by atoms with Crippen LogP contribution in [0.4, 0.5) is 5.69 Å². The number of carbonyl (C=O) groups excluding carboxylic acids is 1. The van der Waals surface area contributed by atoms with E-state index in [0.717, 1.165) is 17.7 Å². The summed E-state index contributed by atoms with van der Waals surface area (Å²) in [6, 6.07) is 8.12. The van der Waals surface area contributed by atoms with Crippen molar-refractivity contribution in [3.05, 3.63) is 51.2 Å². The van der Waals surface area contributed by atoms with Crippen LogP contribution in [0.5, 0.6) is 0 Å². The Bertz CT molecular complexity index is 651. The van der Waals surface area contributed by atoms with E-state index in [9.17, 15) is 9.59 Å². The van der Waals surface area contributed by atoms with Crippen molar-refractivity contribution in [2.45, 2.75) is 19.3 Å². The Morgan fingerprint density at radius 3 is 2.55 bits per heavy atom. The van der Waals surface area contributed by atoms with E-state index in [1.165, 1.54) is 29.0 Å². The lowest BCUT2D eigenvalue weighted by Crippen LogP contribution is -2.10. The number of carboxylic acids is 1. The number of aromatic carboxylic acids is 1. The zero-order valence-corrected chi connectivity index (χ0v) is 11.5. The van der Waals surface area contributed by atoms with Crippen LogP contribution in [0.25, 0.3) is 0 Å². The van der Waals surface area contributed by atoms with E-state index >= 15 is 0 Å². The average Bonchev–Trinajstić information content (AvgIpc) is 2.99. The molecule has 5 heteroatoms. The molecule has 3 rings (SSSR count). The van der Waals surface area contributed by atoms with Gasteiger partial charge in [-0.15, -0.1) is 11.3 Å². The minimum absolute atomic E-state index is 0.132. The fourth-order valence-electron chi connectivity index (χ4n) is 2.33. The van der Waals surface area contributed by atoms with Crippen molar-refractivity contribution in [2.75, 3.05) is 5.32 Å². The van der Waals surface area contributed by atoms with E-state index in [1.54, 1.807) is 23.5 Å². The molecule has 0 spiro atoms. The highest BCUT2D eigenvalue weighted by molar-refractivity contribution is 7.14. The van der Waals surface area contributed by atoms with E-state index < -0.39 is 5.97 Å². The maximum absolute atomic E-state index is 12.1.